The van der Waals surface area contributed by atoms with Crippen molar-refractivity contribution in [2.45, 2.75) is 26.3 Å². The predicted octanol–water partition coefficient (Wildman–Crippen LogP) is 1.81. The average molecular weight is 247 g/mol. The highest BCUT2D eigenvalue weighted by atomic mass is 16.1. The molecule has 0 saturated carbocycles. The van der Waals surface area contributed by atoms with Crippen molar-refractivity contribution < 1.29 is 4.79 Å². The second-order valence-electron chi connectivity index (χ2n) is 5.61. The number of piperazine rings is 1. The van der Waals surface area contributed by atoms with Gasteiger partial charge in [-0.2, -0.15) is 0 Å². The van der Waals surface area contributed by atoms with Crippen LogP contribution in [0.4, 0.5) is 5.82 Å². The number of likely N-dealkylation sites (N-methyl/N-ethyl adjacent to an activating group) is 1. The summed E-state index contributed by atoms with van der Waals surface area (Å²) in [7, 11) is 2.15. The summed E-state index contributed by atoms with van der Waals surface area (Å²) in [5.74, 6) is 0.996. The molecule has 4 nitrogen and oxygen atoms in total. The average Bonchev–Trinajstić information content (AvgIpc) is 2.33. The second kappa shape index (κ2) is 4.69. The minimum absolute atomic E-state index is 0.0898. The number of pyridine rings is 1. The van der Waals surface area contributed by atoms with E-state index in [2.05, 4.69) is 35.7 Å². The van der Waals surface area contributed by atoms with Crippen molar-refractivity contribution in [1.82, 2.24) is 9.88 Å². The van der Waals surface area contributed by atoms with Gasteiger partial charge in [-0.1, -0.05) is 0 Å². The SMILES string of the molecule is CC(=O)c1ccnc(N2CCN(C)C(C)(C)C2)c1. The lowest BCUT2D eigenvalue weighted by Gasteiger charge is -2.45. The normalized spacial score (nSPS) is 19.9. The Morgan fingerprint density at radius 1 is 1.39 bits per heavy atom. The zero-order valence-corrected chi connectivity index (χ0v) is 11.6. The van der Waals surface area contributed by atoms with Crippen molar-refractivity contribution in [2.75, 3.05) is 31.6 Å². The maximum Gasteiger partial charge on any atom is 0.159 e. The molecule has 18 heavy (non-hydrogen) atoms. The lowest BCUT2D eigenvalue weighted by molar-refractivity contribution is 0.101. The van der Waals surface area contributed by atoms with Crippen LogP contribution in [-0.2, 0) is 0 Å². The van der Waals surface area contributed by atoms with Crippen LogP contribution in [0.3, 0.4) is 0 Å². The molecule has 0 radical (unpaired) electrons. The van der Waals surface area contributed by atoms with E-state index in [1.54, 1.807) is 19.2 Å². The lowest BCUT2D eigenvalue weighted by Crippen LogP contribution is -2.57. The minimum Gasteiger partial charge on any atom is -0.353 e. The third-order valence-electron chi connectivity index (χ3n) is 3.79. The van der Waals surface area contributed by atoms with E-state index in [0.717, 1.165) is 31.0 Å². The molecule has 0 bridgehead atoms. The van der Waals surface area contributed by atoms with E-state index in [-0.39, 0.29) is 11.3 Å². The van der Waals surface area contributed by atoms with Crippen molar-refractivity contribution in [3.05, 3.63) is 23.9 Å². The molecule has 0 unspecified atom stereocenters. The Kier molecular flexibility index (Phi) is 3.39. The van der Waals surface area contributed by atoms with Crippen LogP contribution < -0.4 is 4.90 Å². The molecule has 1 aliphatic rings. The summed E-state index contributed by atoms with van der Waals surface area (Å²) in [6.45, 7) is 8.94. The summed E-state index contributed by atoms with van der Waals surface area (Å²) >= 11 is 0. The predicted molar refractivity (Wildman–Crippen MR) is 73.2 cm³/mol. The van der Waals surface area contributed by atoms with E-state index in [1.807, 2.05) is 6.07 Å². The molecule has 0 amide bonds. The molecule has 1 fully saturated rings. The molecule has 1 saturated heterocycles. The van der Waals surface area contributed by atoms with Gasteiger partial charge in [-0.3, -0.25) is 9.69 Å². The quantitative estimate of drug-likeness (QED) is 0.747. The van der Waals surface area contributed by atoms with Crippen molar-refractivity contribution >= 4 is 11.6 Å². The van der Waals surface area contributed by atoms with Crippen molar-refractivity contribution in [3.8, 4) is 0 Å². The number of aromatic nitrogens is 1. The summed E-state index contributed by atoms with van der Waals surface area (Å²) in [5, 5.41) is 0. The Balaban J connectivity index is 2.22. The van der Waals surface area contributed by atoms with Gasteiger partial charge >= 0.3 is 0 Å². The highest BCUT2D eigenvalue weighted by Crippen LogP contribution is 2.23. The van der Waals surface area contributed by atoms with Gasteiger partial charge in [0.25, 0.3) is 0 Å². The molecule has 1 aliphatic heterocycles. The maximum absolute atomic E-state index is 11.4. The summed E-state index contributed by atoms with van der Waals surface area (Å²) in [6, 6.07) is 3.66. The minimum atomic E-state index is 0.0898. The van der Waals surface area contributed by atoms with Crippen molar-refractivity contribution in [2.24, 2.45) is 0 Å². The molecule has 0 atom stereocenters. The first-order valence-corrected chi connectivity index (χ1v) is 6.33. The van der Waals surface area contributed by atoms with Gasteiger partial charge in [0.05, 0.1) is 0 Å². The van der Waals surface area contributed by atoms with E-state index in [1.165, 1.54) is 0 Å². The van der Waals surface area contributed by atoms with Crippen molar-refractivity contribution in [1.29, 1.82) is 0 Å². The third kappa shape index (κ3) is 2.53. The number of carbonyl (C=O) groups excluding carboxylic acids is 1. The van der Waals surface area contributed by atoms with Crippen LogP contribution >= 0.6 is 0 Å². The van der Waals surface area contributed by atoms with E-state index < -0.39 is 0 Å². The molecule has 1 aromatic rings. The summed E-state index contributed by atoms with van der Waals surface area (Å²) in [5.41, 5.74) is 0.864. The molecule has 1 aromatic heterocycles. The lowest BCUT2D eigenvalue weighted by atomic mass is 9.99. The monoisotopic (exact) mass is 247 g/mol. The molecule has 98 valence electrons. The zero-order valence-electron chi connectivity index (χ0n) is 11.6. The molecule has 0 N–H and O–H groups in total. The van der Waals surface area contributed by atoms with Gasteiger partial charge in [0.2, 0.25) is 0 Å². The van der Waals surface area contributed by atoms with E-state index in [9.17, 15) is 4.79 Å². The summed E-state index contributed by atoms with van der Waals surface area (Å²) in [6.07, 6.45) is 1.72. The highest BCUT2D eigenvalue weighted by molar-refractivity contribution is 5.94. The molecule has 2 heterocycles. The zero-order chi connectivity index (χ0) is 13.3. The van der Waals surface area contributed by atoms with Gasteiger partial charge in [0.15, 0.2) is 5.78 Å². The number of nitrogens with zero attached hydrogens (tertiary/aromatic N) is 3. The molecular formula is C14H21N3O. The van der Waals surface area contributed by atoms with Gasteiger partial charge in [-0.05, 0) is 40.0 Å². The number of anilines is 1. The maximum atomic E-state index is 11.4. The Labute approximate surface area is 109 Å². The standard InChI is InChI=1S/C14H21N3O/c1-11(18)12-5-6-15-13(9-12)17-8-7-16(4)14(2,3)10-17/h5-6,9H,7-8,10H2,1-4H3. The van der Waals surface area contributed by atoms with Crippen LogP contribution in [0.25, 0.3) is 0 Å². The van der Waals surface area contributed by atoms with E-state index >= 15 is 0 Å². The number of hydrogen-bond acceptors (Lipinski definition) is 4. The second-order valence-corrected chi connectivity index (χ2v) is 5.61. The summed E-state index contributed by atoms with van der Waals surface area (Å²) < 4.78 is 0. The topological polar surface area (TPSA) is 36.4 Å². The molecule has 0 aliphatic carbocycles. The van der Waals surface area contributed by atoms with Crippen LogP contribution in [-0.4, -0.2) is 47.9 Å². The molecule has 2 rings (SSSR count). The molecule has 0 aromatic carbocycles. The van der Waals surface area contributed by atoms with Crippen LogP contribution in [0, 0.1) is 0 Å². The van der Waals surface area contributed by atoms with Crippen LogP contribution in [0.5, 0.6) is 0 Å². The van der Waals surface area contributed by atoms with Gasteiger partial charge < -0.3 is 4.90 Å². The van der Waals surface area contributed by atoms with E-state index in [0.29, 0.717) is 0 Å². The smallest absolute Gasteiger partial charge is 0.159 e. The van der Waals surface area contributed by atoms with Crippen LogP contribution in [0.1, 0.15) is 31.1 Å². The fourth-order valence-corrected chi connectivity index (χ4v) is 2.25. The van der Waals surface area contributed by atoms with E-state index in [4.69, 9.17) is 0 Å². The number of ketones is 1. The van der Waals surface area contributed by atoms with Gasteiger partial charge in [0.1, 0.15) is 5.82 Å². The Bertz CT molecular complexity index is 456. The Morgan fingerprint density at radius 2 is 2.11 bits per heavy atom. The Hall–Kier alpha value is -1.42. The molecule has 4 heteroatoms. The number of hydrogen-bond donors (Lipinski definition) is 0. The third-order valence-corrected chi connectivity index (χ3v) is 3.79. The van der Waals surface area contributed by atoms with Gasteiger partial charge in [0, 0.05) is 36.9 Å². The fraction of sp³-hybridized carbons (Fsp3) is 0.571. The van der Waals surface area contributed by atoms with Gasteiger partial charge in [-0.15, -0.1) is 0 Å². The fourth-order valence-electron chi connectivity index (χ4n) is 2.25. The van der Waals surface area contributed by atoms with Gasteiger partial charge in [-0.25, -0.2) is 4.98 Å². The first-order valence-electron chi connectivity index (χ1n) is 6.33. The number of rotatable bonds is 2. The number of carbonyl (C=O) groups is 1. The van der Waals surface area contributed by atoms with Crippen LogP contribution in [0.15, 0.2) is 18.3 Å². The van der Waals surface area contributed by atoms with Crippen molar-refractivity contribution in [3.63, 3.8) is 0 Å². The molecule has 0 spiro atoms. The van der Waals surface area contributed by atoms with Crippen LogP contribution in [0.2, 0.25) is 0 Å². The first-order chi connectivity index (χ1) is 8.40. The summed E-state index contributed by atoms with van der Waals surface area (Å²) in [4.78, 5) is 20.4. The number of Topliss-reactive ketones (excluding diaryl/α,β-unsaturated/α-hetero) is 1. The first kappa shape index (κ1) is 13.0. The Morgan fingerprint density at radius 3 is 2.72 bits per heavy atom. The highest BCUT2D eigenvalue weighted by Gasteiger charge is 2.31. The largest absolute Gasteiger partial charge is 0.353 e. The molecular weight excluding hydrogens is 226 g/mol.